The predicted molar refractivity (Wildman–Crippen MR) is 126 cm³/mol. The molecule has 3 amide bonds. The Morgan fingerprint density at radius 2 is 1.47 bits per heavy atom. The second-order valence-corrected chi connectivity index (χ2v) is 7.70. The number of carboxylic acid groups (broad SMARTS) is 2. The first-order valence-corrected chi connectivity index (χ1v) is 10.8. The Morgan fingerprint density at radius 1 is 0.889 bits per heavy atom. The Morgan fingerprint density at radius 3 is 2.00 bits per heavy atom. The number of carbonyl (C=O) groups excluding carboxylic acids is 3. The number of carbonyl (C=O) groups is 5. The molecule has 1 rings (SSSR count). The summed E-state index contributed by atoms with van der Waals surface area (Å²) in [5, 5.41) is 34.6. The van der Waals surface area contributed by atoms with Gasteiger partial charge in [-0.25, -0.2) is 4.79 Å². The van der Waals surface area contributed by atoms with E-state index in [1.165, 1.54) is 24.3 Å². The van der Waals surface area contributed by atoms with Gasteiger partial charge in [0.25, 0.3) is 0 Å². The van der Waals surface area contributed by atoms with E-state index in [2.05, 4.69) is 20.9 Å². The number of phenolic OH excluding ortho intramolecular Hbond substituents is 1. The number of nitrogens with one attached hydrogen (secondary N) is 3. The van der Waals surface area contributed by atoms with Crippen molar-refractivity contribution in [2.45, 2.75) is 43.8 Å². The van der Waals surface area contributed by atoms with Crippen LogP contribution in [0.5, 0.6) is 5.75 Å². The number of nitrogens with zero attached hydrogens (tertiary/aromatic N) is 1. The number of guanidine groups is 1. The minimum absolute atomic E-state index is 0.00222. The Labute approximate surface area is 206 Å². The van der Waals surface area contributed by atoms with Crippen molar-refractivity contribution in [1.29, 1.82) is 0 Å². The number of benzene rings is 1. The third-order valence-electron chi connectivity index (χ3n) is 4.78. The van der Waals surface area contributed by atoms with E-state index in [1.807, 2.05) is 0 Å². The van der Waals surface area contributed by atoms with Crippen LogP contribution in [-0.2, 0) is 30.4 Å². The second-order valence-electron chi connectivity index (χ2n) is 7.70. The van der Waals surface area contributed by atoms with Gasteiger partial charge in [0, 0.05) is 13.0 Å². The van der Waals surface area contributed by atoms with E-state index in [4.69, 9.17) is 22.3 Å². The van der Waals surface area contributed by atoms with Gasteiger partial charge in [0.2, 0.25) is 17.7 Å². The van der Waals surface area contributed by atoms with Crippen LogP contribution in [0, 0.1) is 0 Å². The molecule has 1 aromatic carbocycles. The SMILES string of the molecule is NCC(=O)NC(Cc1ccc(O)cc1)C(=O)NC(CCCN=C(N)N)C(=O)NC(CC(=O)O)C(=O)O. The molecule has 15 heteroatoms. The van der Waals surface area contributed by atoms with E-state index in [0.29, 0.717) is 5.56 Å². The van der Waals surface area contributed by atoms with Gasteiger partial charge in [0.05, 0.1) is 13.0 Å². The molecule has 0 saturated carbocycles. The van der Waals surface area contributed by atoms with Gasteiger partial charge in [0.15, 0.2) is 5.96 Å². The lowest BCUT2D eigenvalue weighted by Crippen LogP contribution is -2.56. The quantitative estimate of drug-likeness (QED) is 0.0651. The Hall–Kier alpha value is -4.40. The number of phenols is 1. The van der Waals surface area contributed by atoms with Gasteiger partial charge in [-0.05, 0) is 30.5 Å². The number of amides is 3. The largest absolute Gasteiger partial charge is 0.508 e. The lowest BCUT2D eigenvalue weighted by Gasteiger charge is -2.24. The van der Waals surface area contributed by atoms with Gasteiger partial charge in [-0.15, -0.1) is 0 Å². The van der Waals surface area contributed by atoms with Crippen LogP contribution in [-0.4, -0.2) is 82.2 Å². The van der Waals surface area contributed by atoms with Crippen LogP contribution in [0.25, 0.3) is 0 Å². The van der Waals surface area contributed by atoms with E-state index < -0.39 is 60.8 Å². The maximum absolute atomic E-state index is 13.0. The smallest absolute Gasteiger partial charge is 0.326 e. The molecule has 198 valence electrons. The molecule has 0 spiro atoms. The first-order valence-electron chi connectivity index (χ1n) is 10.8. The van der Waals surface area contributed by atoms with Crippen molar-refractivity contribution in [3.05, 3.63) is 29.8 Å². The van der Waals surface area contributed by atoms with Gasteiger partial charge in [-0.1, -0.05) is 12.1 Å². The highest BCUT2D eigenvalue weighted by atomic mass is 16.4. The third kappa shape index (κ3) is 11.1. The highest BCUT2D eigenvalue weighted by Crippen LogP contribution is 2.12. The maximum atomic E-state index is 13.0. The van der Waals surface area contributed by atoms with Gasteiger partial charge in [-0.3, -0.25) is 24.2 Å². The topological polar surface area (TPSA) is 273 Å². The van der Waals surface area contributed by atoms with Gasteiger partial charge < -0.3 is 48.5 Å². The van der Waals surface area contributed by atoms with E-state index in [1.54, 1.807) is 0 Å². The molecule has 0 aliphatic rings. The van der Waals surface area contributed by atoms with Crippen molar-refractivity contribution < 1.29 is 39.3 Å². The minimum atomic E-state index is -1.74. The fraction of sp³-hybridized carbons (Fsp3) is 0.429. The second kappa shape index (κ2) is 14.8. The van der Waals surface area contributed by atoms with Crippen molar-refractivity contribution in [2.75, 3.05) is 13.1 Å². The molecule has 0 radical (unpaired) electrons. The van der Waals surface area contributed by atoms with Crippen molar-refractivity contribution in [3.8, 4) is 5.75 Å². The zero-order chi connectivity index (χ0) is 27.3. The Balaban J connectivity index is 3.09. The van der Waals surface area contributed by atoms with Crippen LogP contribution in [0.15, 0.2) is 29.3 Å². The summed E-state index contributed by atoms with van der Waals surface area (Å²) in [6.45, 7) is -0.308. The number of carboxylic acids is 2. The molecule has 0 aliphatic carbocycles. The number of hydrogen-bond acceptors (Lipinski definition) is 8. The Kier molecular flexibility index (Phi) is 12.2. The summed E-state index contributed by atoms with van der Waals surface area (Å²) in [6.07, 6.45) is -0.738. The molecular formula is C21H31N7O8. The standard InChI is InChI=1S/C21H31N7O8/c22-10-16(30)26-14(8-11-3-5-12(29)6-4-11)19(34)27-13(2-1-7-25-21(23)24)18(33)28-15(20(35)36)9-17(31)32/h3-6,13-15,29H,1-2,7-10,22H2,(H,26,30)(H,27,34)(H,28,33)(H,31,32)(H,35,36)(H4,23,24,25). The molecule has 1 aromatic rings. The summed E-state index contributed by atoms with van der Waals surface area (Å²) in [4.78, 5) is 63.8. The molecule has 3 unspecified atom stereocenters. The number of aliphatic carboxylic acids is 2. The molecule has 0 bridgehead atoms. The average Bonchev–Trinajstić information content (AvgIpc) is 2.80. The number of rotatable bonds is 15. The van der Waals surface area contributed by atoms with E-state index >= 15 is 0 Å². The highest BCUT2D eigenvalue weighted by molar-refractivity contribution is 5.94. The van der Waals surface area contributed by atoms with Crippen molar-refractivity contribution in [2.24, 2.45) is 22.2 Å². The molecular weight excluding hydrogens is 478 g/mol. The maximum Gasteiger partial charge on any atom is 0.326 e. The van der Waals surface area contributed by atoms with E-state index in [-0.39, 0.29) is 37.5 Å². The average molecular weight is 510 g/mol. The highest BCUT2D eigenvalue weighted by Gasteiger charge is 2.30. The molecule has 0 fully saturated rings. The minimum Gasteiger partial charge on any atom is -0.508 e. The summed E-state index contributed by atoms with van der Waals surface area (Å²) in [5.74, 6) is -5.59. The van der Waals surface area contributed by atoms with Gasteiger partial charge in [0.1, 0.15) is 23.9 Å². The fourth-order valence-electron chi connectivity index (χ4n) is 3.02. The monoisotopic (exact) mass is 509 g/mol. The molecule has 0 aromatic heterocycles. The van der Waals surface area contributed by atoms with Crippen LogP contribution in [0.4, 0.5) is 0 Å². The van der Waals surface area contributed by atoms with Crippen LogP contribution in [0.1, 0.15) is 24.8 Å². The summed E-state index contributed by atoms with van der Waals surface area (Å²) in [7, 11) is 0. The third-order valence-corrected chi connectivity index (χ3v) is 4.78. The van der Waals surface area contributed by atoms with Crippen LogP contribution >= 0.6 is 0 Å². The van der Waals surface area contributed by atoms with Crippen molar-refractivity contribution in [3.63, 3.8) is 0 Å². The zero-order valence-corrected chi connectivity index (χ0v) is 19.3. The molecule has 0 aliphatic heterocycles. The lowest BCUT2D eigenvalue weighted by molar-refractivity contribution is -0.147. The molecule has 3 atom stereocenters. The molecule has 0 saturated heterocycles. The molecule has 12 N–H and O–H groups in total. The zero-order valence-electron chi connectivity index (χ0n) is 19.3. The predicted octanol–water partition coefficient (Wildman–Crippen LogP) is -3.04. The van der Waals surface area contributed by atoms with E-state index in [0.717, 1.165) is 0 Å². The molecule has 36 heavy (non-hydrogen) atoms. The van der Waals surface area contributed by atoms with Crippen molar-refractivity contribution in [1.82, 2.24) is 16.0 Å². The fourth-order valence-corrected chi connectivity index (χ4v) is 3.02. The number of hydrogen-bond donors (Lipinski definition) is 9. The summed E-state index contributed by atoms with van der Waals surface area (Å²) in [5.41, 5.74) is 16.4. The molecule has 0 heterocycles. The summed E-state index contributed by atoms with van der Waals surface area (Å²) in [6, 6.07) is 1.64. The number of aromatic hydroxyl groups is 1. The number of nitrogens with two attached hydrogens (primary N) is 3. The van der Waals surface area contributed by atoms with Crippen LogP contribution in [0.2, 0.25) is 0 Å². The van der Waals surface area contributed by atoms with Gasteiger partial charge >= 0.3 is 11.9 Å². The van der Waals surface area contributed by atoms with Crippen LogP contribution < -0.4 is 33.2 Å². The number of aliphatic imine (C=N–C) groups is 1. The Bertz CT molecular complexity index is 964. The van der Waals surface area contributed by atoms with E-state index in [9.17, 15) is 34.2 Å². The molecule has 15 nitrogen and oxygen atoms in total. The summed E-state index contributed by atoms with van der Waals surface area (Å²) >= 11 is 0. The lowest BCUT2D eigenvalue weighted by atomic mass is 10.0. The van der Waals surface area contributed by atoms with Crippen molar-refractivity contribution >= 4 is 35.6 Å². The van der Waals surface area contributed by atoms with Gasteiger partial charge in [-0.2, -0.15) is 0 Å². The summed E-state index contributed by atoms with van der Waals surface area (Å²) < 4.78 is 0. The first kappa shape index (κ1) is 29.6. The van der Waals surface area contributed by atoms with Crippen LogP contribution in [0.3, 0.4) is 0 Å². The normalized spacial score (nSPS) is 12.9. The first-order chi connectivity index (χ1) is 16.9.